The number of phenolic OH excluding ortho intramolecular Hbond substituents is 4. The van der Waals surface area contributed by atoms with Gasteiger partial charge in [0.2, 0.25) is 0 Å². The molecule has 8 bridgehead atoms. The Bertz CT molecular complexity index is 1350. The number of hydrogen-bond donors (Lipinski definition) is 4. The maximum absolute atomic E-state index is 11.7. The molecule has 4 nitrogen and oxygen atoms in total. The predicted octanol–water partition coefficient (Wildman–Crippen LogP) is 7.65. The van der Waals surface area contributed by atoms with Gasteiger partial charge in [0.15, 0.2) is 0 Å². The first-order valence-electron chi connectivity index (χ1n) is 14.0. The highest BCUT2D eigenvalue weighted by atomic mass is 16.3. The number of phenols is 4. The number of aryl methyl sites for hydroxylation is 8. The third kappa shape index (κ3) is 4.40. The van der Waals surface area contributed by atoms with Crippen LogP contribution in [0.5, 0.6) is 23.0 Å². The molecule has 0 heterocycles. The van der Waals surface area contributed by atoms with Gasteiger partial charge in [0.05, 0.1) is 0 Å². The third-order valence-electron chi connectivity index (χ3n) is 9.24. The van der Waals surface area contributed by atoms with Crippen molar-refractivity contribution in [3.63, 3.8) is 0 Å². The van der Waals surface area contributed by atoms with E-state index in [0.29, 0.717) is 25.7 Å². The lowest BCUT2D eigenvalue weighted by Crippen LogP contribution is -2.08. The summed E-state index contributed by atoms with van der Waals surface area (Å²) in [5, 5.41) is 46.7. The molecule has 0 amide bonds. The smallest absolute Gasteiger partial charge is 0.123 e. The summed E-state index contributed by atoms with van der Waals surface area (Å²) in [7, 11) is 0. The van der Waals surface area contributed by atoms with Crippen LogP contribution in [0.3, 0.4) is 0 Å². The van der Waals surface area contributed by atoms with Crippen LogP contribution in [0, 0.1) is 55.4 Å². The van der Waals surface area contributed by atoms with Crippen molar-refractivity contribution in [2.45, 2.75) is 81.1 Å². The van der Waals surface area contributed by atoms with E-state index in [1.165, 1.54) is 0 Å². The quantitative estimate of drug-likeness (QED) is 0.164. The highest BCUT2D eigenvalue weighted by molar-refractivity contribution is 5.62. The van der Waals surface area contributed by atoms with Crippen LogP contribution in [0.15, 0.2) is 24.3 Å². The molecule has 0 spiro atoms. The molecule has 0 saturated heterocycles. The minimum atomic E-state index is 0.223. The molecular formula is C36H40O4. The van der Waals surface area contributed by atoms with Crippen molar-refractivity contribution in [3.05, 3.63) is 113 Å². The second kappa shape index (κ2) is 9.92. The summed E-state index contributed by atoms with van der Waals surface area (Å²) in [6, 6.07) is 8.36. The van der Waals surface area contributed by atoms with E-state index >= 15 is 0 Å². The Morgan fingerprint density at radius 3 is 0.550 bits per heavy atom. The normalized spacial score (nSPS) is 13.0. The predicted molar refractivity (Wildman–Crippen MR) is 162 cm³/mol. The van der Waals surface area contributed by atoms with Crippen LogP contribution in [-0.4, -0.2) is 20.4 Å². The van der Waals surface area contributed by atoms with Crippen molar-refractivity contribution >= 4 is 0 Å². The van der Waals surface area contributed by atoms with Gasteiger partial charge in [-0.3, -0.25) is 0 Å². The zero-order valence-electron chi connectivity index (χ0n) is 24.9. The first-order valence-corrected chi connectivity index (χ1v) is 14.0. The van der Waals surface area contributed by atoms with Gasteiger partial charge in [-0.25, -0.2) is 0 Å². The van der Waals surface area contributed by atoms with Gasteiger partial charge in [-0.05, 0) is 99.9 Å². The zero-order chi connectivity index (χ0) is 29.2. The van der Waals surface area contributed by atoms with Crippen LogP contribution >= 0.6 is 0 Å². The fraction of sp³-hybridized carbons (Fsp3) is 0.333. The highest BCUT2D eigenvalue weighted by Crippen LogP contribution is 2.43. The van der Waals surface area contributed by atoms with E-state index in [2.05, 4.69) is 24.3 Å². The number of aromatic hydroxyl groups is 4. The summed E-state index contributed by atoms with van der Waals surface area (Å²) in [5.74, 6) is 0.893. The zero-order valence-corrected chi connectivity index (χ0v) is 24.9. The Balaban J connectivity index is 1.88. The van der Waals surface area contributed by atoms with Crippen molar-refractivity contribution in [1.82, 2.24) is 0 Å². The summed E-state index contributed by atoms with van der Waals surface area (Å²) < 4.78 is 0. The Labute approximate surface area is 237 Å². The Morgan fingerprint density at radius 1 is 0.300 bits per heavy atom. The summed E-state index contributed by atoms with van der Waals surface area (Å²) in [5.41, 5.74) is 13.9. The summed E-state index contributed by atoms with van der Waals surface area (Å²) >= 11 is 0. The third-order valence-corrected chi connectivity index (χ3v) is 9.24. The lowest BCUT2D eigenvalue weighted by molar-refractivity contribution is 0.449. The summed E-state index contributed by atoms with van der Waals surface area (Å²) in [6.07, 6.45) is 1.52. The maximum Gasteiger partial charge on any atom is 0.123 e. The molecule has 0 fully saturated rings. The molecule has 208 valence electrons. The van der Waals surface area contributed by atoms with E-state index in [1.807, 2.05) is 55.4 Å². The molecule has 40 heavy (non-hydrogen) atoms. The molecule has 0 saturated carbocycles. The van der Waals surface area contributed by atoms with Gasteiger partial charge in [0.25, 0.3) is 0 Å². The van der Waals surface area contributed by atoms with Gasteiger partial charge < -0.3 is 20.4 Å². The van der Waals surface area contributed by atoms with Gasteiger partial charge in [0, 0.05) is 70.2 Å². The molecule has 4 N–H and O–H groups in total. The summed E-state index contributed by atoms with van der Waals surface area (Å²) in [4.78, 5) is 0. The molecule has 0 unspecified atom stereocenters. The minimum Gasteiger partial charge on any atom is -0.507 e. The van der Waals surface area contributed by atoms with E-state index in [9.17, 15) is 20.4 Å². The number of hydrogen-bond acceptors (Lipinski definition) is 4. The molecule has 1 aliphatic carbocycles. The van der Waals surface area contributed by atoms with Crippen LogP contribution in [0.1, 0.15) is 89.0 Å². The second-order valence-electron chi connectivity index (χ2n) is 12.0. The van der Waals surface area contributed by atoms with E-state index in [-0.39, 0.29) is 23.0 Å². The standard InChI is InChI=1S/C36H40O4/c1-17-9-18(2)27-14-28-21(5)11-22(6)31(35(28)39)16-32-24(8)12-23(7)30(36(32)40)15-29-20(4)10-19(3)26(34(29)38)13-25(17)33(27)37/h9-12,37-40H,13-16H2,1-8H3. The molecule has 4 heteroatoms. The van der Waals surface area contributed by atoms with Gasteiger partial charge in [-0.15, -0.1) is 0 Å². The van der Waals surface area contributed by atoms with E-state index in [0.717, 1.165) is 89.0 Å². The van der Waals surface area contributed by atoms with Crippen LogP contribution in [0.4, 0.5) is 0 Å². The van der Waals surface area contributed by atoms with Crippen molar-refractivity contribution in [2.75, 3.05) is 0 Å². The second-order valence-corrected chi connectivity index (χ2v) is 12.0. The molecule has 4 aromatic rings. The van der Waals surface area contributed by atoms with Crippen LogP contribution < -0.4 is 0 Å². The fourth-order valence-corrected chi connectivity index (χ4v) is 6.71. The fourth-order valence-electron chi connectivity index (χ4n) is 6.71. The maximum atomic E-state index is 11.7. The first-order chi connectivity index (χ1) is 18.8. The number of benzene rings is 4. The average molecular weight is 537 g/mol. The average Bonchev–Trinajstić information content (AvgIpc) is 2.85. The van der Waals surface area contributed by atoms with Crippen molar-refractivity contribution < 1.29 is 20.4 Å². The Hall–Kier alpha value is -3.92. The van der Waals surface area contributed by atoms with E-state index in [4.69, 9.17) is 0 Å². The molecule has 0 aromatic heterocycles. The van der Waals surface area contributed by atoms with E-state index < -0.39 is 0 Å². The molecule has 4 aromatic carbocycles. The van der Waals surface area contributed by atoms with Crippen molar-refractivity contribution in [2.24, 2.45) is 0 Å². The number of fused-ring (bicyclic) bond motifs is 8. The first kappa shape index (κ1) is 27.6. The van der Waals surface area contributed by atoms with Crippen LogP contribution in [0.25, 0.3) is 0 Å². The SMILES string of the molecule is Cc1cc(C)c2c(O)c1Cc1c(C)cc(C)c(c1O)Cc1c(C)cc(C)c(c1O)Cc1c(C)cc(C)c(c1O)C2. The van der Waals surface area contributed by atoms with Crippen molar-refractivity contribution in [1.29, 1.82) is 0 Å². The molecule has 0 atom stereocenters. The van der Waals surface area contributed by atoms with Gasteiger partial charge in [-0.1, -0.05) is 24.3 Å². The van der Waals surface area contributed by atoms with Gasteiger partial charge in [-0.2, -0.15) is 0 Å². The Morgan fingerprint density at radius 2 is 0.425 bits per heavy atom. The topological polar surface area (TPSA) is 80.9 Å². The lowest BCUT2D eigenvalue weighted by atomic mass is 9.83. The molecule has 0 radical (unpaired) electrons. The molecular weight excluding hydrogens is 496 g/mol. The van der Waals surface area contributed by atoms with Crippen molar-refractivity contribution in [3.8, 4) is 23.0 Å². The van der Waals surface area contributed by atoms with Gasteiger partial charge in [0.1, 0.15) is 23.0 Å². The highest BCUT2D eigenvalue weighted by Gasteiger charge is 2.25. The molecule has 0 aliphatic heterocycles. The van der Waals surface area contributed by atoms with Gasteiger partial charge >= 0.3 is 0 Å². The molecule has 1 aliphatic rings. The number of rotatable bonds is 0. The van der Waals surface area contributed by atoms with Crippen LogP contribution in [-0.2, 0) is 25.7 Å². The van der Waals surface area contributed by atoms with E-state index in [1.54, 1.807) is 0 Å². The molecule has 5 rings (SSSR count). The lowest BCUT2D eigenvalue weighted by Gasteiger charge is -2.23. The largest absolute Gasteiger partial charge is 0.507 e. The monoisotopic (exact) mass is 536 g/mol. The summed E-state index contributed by atoms with van der Waals surface area (Å²) in [6.45, 7) is 15.9. The van der Waals surface area contributed by atoms with Crippen LogP contribution in [0.2, 0.25) is 0 Å². The Kier molecular flexibility index (Phi) is 6.86. The minimum absolute atomic E-state index is 0.223.